The Hall–Kier alpha value is -0.870. The molecule has 3 rings (SSSR count). The molecule has 2 heterocycles. The van der Waals surface area contributed by atoms with Gasteiger partial charge in [0.25, 0.3) is 0 Å². The van der Waals surface area contributed by atoms with Crippen LogP contribution in [0.15, 0.2) is 12.4 Å². The lowest BCUT2D eigenvalue weighted by Gasteiger charge is -2.35. The topological polar surface area (TPSA) is 47.1 Å². The fraction of sp³-hybridized carbons (Fsp3) is 0.824. The summed E-state index contributed by atoms with van der Waals surface area (Å²) in [4.78, 5) is 2.69. The number of rotatable bonds is 5. The van der Waals surface area contributed by atoms with Crippen molar-refractivity contribution in [2.24, 2.45) is 11.7 Å². The Balaban J connectivity index is 1.77. The van der Waals surface area contributed by atoms with Gasteiger partial charge in [0.15, 0.2) is 0 Å². The minimum Gasteiger partial charge on any atom is -0.329 e. The highest BCUT2D eigenvalue weighted by Gasteiger charge is 2.37. The van der Waals surface area contributed by atoms with Gasteiger partial charge in [-0.05, 0) is 52.0 Å². The molecule has 4 heteroatoms. The second-order valence-electron chi connectivity index (χ2n) is 7.09. The molecule has 2 aliphatic rings. The molecule has 0 spiro atoms. The van der Waals surface area contributed by atoms with Gasteiger partial charge in [0.2, 0.25) is 0 Å². The first-order valence-corrected chi connectivity index (χ1v) is 8.70. The second kappa shape index (κ2) is 6.49. The van der Waals surface area contributed by atoms with Crippen molar-refractivity contribution in [2.45, 2.75) is 70.5 Å². The highest BCUT2D eigenvalue weighted by atomic mass is 15.3. The minimum absolute atomic E-state index is 0.352. The first-order valence-electron chi connectivity index (χ1n) is 8.70. The first-order chi connectivity index (χ1) is 10.2. The molecule has 2 N–H and O–H groups in total. The summed E-state index contributed by atoms with van der Waals surface area (Å²) in [5, 5.41) is 4.51. The van der Waals surface area contributed by atoms with E-state index < -0.39 is 0 Å². The number of nitrogens with two attached hydrogens (primary N) is 1. The van der Waals surface area contributed by atoms with Crippen molar-refractivity contribution in [2.75, 3.05) is 13.1 Å². The minimum atomic E-state index is 0.352. The Morgan fingerprint density at radius 3 is 2.62 bits per heavy atom. The van der Waals surface area contributed by atoms with Crippen molar-refractivity contribution in [3.05, 3.63) is 18.0 Å². The van der Waals surface area contributed by atoms with Gasteiger partial charge >= 0.3 is 0 Å². The second-order valence-corrected chi connectivity index (χ2v) is 7.09. The Labute approximate surface area is 128 Å². The summed E-state index contributed by atoms with van der Waals surface area (Å²) in [6.45, 7) is 6.25. The first kappa shape index (κ1) is 15.0. The van der Waals surface area contributed by atoms with Crippen LogP contribution in [0.4, 0.5) is 0 Å². The summed E-state index contributed by atoms with van der Waals surface area (Å²) < 4.78 is 2.05. The van der Waals surface area contributed by atoms with Gasteiger partial charge in [-0.3, -0.25) is 9.58 Å². The Morgan fingerprint density at radius 2 is 2.00 bits per heavy atom. The third kappa shape index (κ3) is 3.02. The molecular formula is C17H30N4. The van der Waals surface area contributed by atoms with Crippen LogP contribution in [0.3, 0.4) is 0 Å². The Kier molecular flexibility index (Phi) is 4.65. The van der Waals surface area contributed by atoms with Crippen LogP contribution in [0.25, 0.3) is 0 Å². The van der Waals surface area contributed by atoms with Crippen LogP contribution >= 0.6 is 0 Å². The van der Waals surface area contributed by atoms with E-state index in [2.05, 4.69) is 34.7 Å². The maximum Gasteiger partial charge on any atom is 0.0538 e. The zero-order chi connectivity index (χ0) is 14.8. The van der Waals surface area contributed by atoms with Crippen molar-refractivity contribution < 1.29 is 0 Å². The summed E-state index contributed by atoms with van der Waals surface area (Å²) in [6, 6.07) is 1.52. The summed E-state index contributed by atoms with van der Waals surface area (Å²) >= 11 is 0. The molecule has 0 aromatic carbocycles. The van der Waals surface area contributed by atoms with E-state index in [9.17, 15) is 0 Å². The number of hydrogen-bond acceptors (Lipinski definition) is 3. The third-order valence-corrected chi connectivity index (χ3v) is 5.45. The Morgan fingerprint density at radius 1 is 1.24 bits per heavy atom. The van der Waals surface area contributed by atoms with Gasteiger partial charge in [-0.25, -0.2) is 0 Å². The highest BCUT2D eigenvalue weighted by Crippen LogP contribution is 2.39. The normalized spacial score (nSPS) is 26.0. The third-order valence-electron chi connectivity index (χ3n) is 5.45. The van der Waals surface area contributed by atoms with Crippen LogP contribution in [-0.2, 0) is 0 Å². The SMILES string of the molecule is CC(C)n1cc(C(CN)N2CCCC2C2CCCC2)cn1. The van der Waals surface area contributed by atoms with Gasteiger partial charge in [-0.2, -0.15) is 5.10 Å². The maximum atomic E-state index is 6.15. The number of likely N-dealkylation sites (tertiary alicyclic amines) is 1. The fourth-order valence-electron chi connectivity index (χ4n) is 4.32. The fourth-order valence-corrected chi connectivity index (χ4v) is 4.32. The van der Waals surface area contributed by atoms with E-state index in [0.717, 1.165) is 12.0 Å². The van der Waals surface area contributed by atoms with Crippen LogP contribution in [0.5, 0.6) is 0 Å². The largest absolute Gasteiger partial charge is 0.329 e. The van der Waals surface area contributed by atoms with E-state index in [0.29, 0.717) is 18.6 Å². The maximum absolute atomic E-state index is 6.15. The lowest BCUT2D eigenvalue weighted by atomic mass is 9.94. The Bertz CT molecular complexity index is 447. The molecule has 0 radical (unpaired) electrons. The lowest BCUT2D eigenvalue weighted by molar-refractivity contribution is 0.138. The van der Waals surface area contributed by atoms with Gasteiger partial charge < -0.3 is 5.73 Å². The average Bonchev–Trinajstić information content (AvgIpc) is 3.21. The smallest absolute Gasteiger partial charge is 0.0538 e. The van der Waals surface area contributed by atoms with Crippen molar-refractivity contribution >= 4 is 0 Å². The quantitative estimate of drug-likeness (QED) is 0.906. The average molecular weight is 290 g/mol. The molecule has 118 valence electrons. The molecule has 1 aromatic rings. The standard InChI is InChI=1S/C17H30N4/c1-13(2)21-12-15(11-19-21)17(10-18)20-9-5-8-16(20)14-6-3-4-7-14/h11-14,16-17H,3-10,18H2,1-2H3. The van der Waals surface area contributed by atoms with E-state index in [-0.39, 0.29) is 0 Å². The van der Waals surface area contributed by atoms with E-state index in [1.165, 1.54) is 50.6 Å². The summed E-state index contributed by atoms with van der Waals surface area (Å²) in [5.74, 6) is 0.904. The van der Waals surface area contributed by atoms with Gasteiger partial charge in [0, 0.05) is 30.4 Å². The molecule has 0 amide bonds. The molecule has 1 saturated carbocycles. The van der Waals surface area contributed by atoms with Crippen LogP contribution in [0.1, 0.15) is 70.0 Å². The zero-order valence-corrected chi connectivity index (χ0v) is 13.5. The van der Waals surface area contributed by atoms with Crippen molar-refractivity contribution in [1.29, 1.82) is 0 Å². The number of hydrogen-bond donors (Lipinski definition) is 1. The molecule has 2 unspecified atom stereocenters. The monoisotopic (exact) mass is 290 g/mol. The van der Waals surface area contributed by atoms with Crippen LogP contribution < -0.4 is 5.73 Å². The number of nitrogens with zero attached hydrogens (tertiary/aromatic N) is 3. The molecule has 4 nitrogen and oxygen atoms in total. The van der Waals surface area contributed by atoms with Gasteiger partial charge in [0.05, 0.1) is 12.2 Å². The van der Waals surface area contributed by atoms with Crippen LogP contribution in [0.2, 0.25) is 0 Å². The van der Waals surface area contributed by atoms with E-state index in [1.807, 2.05) is 6.20 Å². The molecule has 2 fully saturated rings. The van der Waals surface area contributed by atoms with Crippen LogP contribution in [0, 0.1) is 5.92 Å². The van der Waals surface area contributed by atoms with E-state index >= 15 is 0 Å². The van der Waals surface area contributed by atoms with E-state index in [1.54, 1.807) is 0 Å². The molecule has 1 aliphatic heterocycles. The summed E-state index contributed by atoms with van der Waals surface area (Å²) in [7, 11) is 0. The molecule has 1 aliphatic carbocycles. The van der Waals surface area contributed by atoms with Crippen molar-refractivity contribution in [1.82, 2.24) is 14.7 Å². The molecule has 1 saturated heterocycles. The summed E-state index contributed by atoms with van der Waals surface area (Å²) in [6.07, 6.45) is 12.6. The van der Waals surface area contributed by atoms with Crippen molar-refractivity contribution in [3.8, 4) is 0 Å². The number of aromatic nitrogens is 2. The highest BCUT2D eigenvalue weighted by molar-refractivity contribution is 5.13. The molecule has 21 heavy (non-hydrogen) atoms. The van der Waals surface area contributed by atoms with Gasteiger partial charge in [-0.15, -0.1) is 0 Å². The van der Waals surface area contributed by atoms with Gasteiger partial charge in [0.1, 0.15) is 0 Å². The van der Waals surface area contributed by atoms with Gasteiger partial charge in [-0.1, -0.05) is 12.8 Å². The molecule has 1 aromatic heterocycles. The van der Waals surface area contributed by atoms with Crippen molar-refractivity contribution in [3.63, 3.8) is 0 Å². The van der Waals surface area contributed by atoms with Crippen LogP contribution in [-0.4, -0.2) is 33.8 Å². The molecule has 2 atom stereocenters. The zero-order valence-electron chi connectivity index (χ0n) is 13.5. The predicted octanol–water partition coefficient (Wildman–Crippen LogP) is 3.12. The molecular weight excluding hydrogens is 260 g/mol. The van der Waals surface area contributed by atoms with E-state index in [4.69, 9.17) is 5.73 Å². The summed E-state index contributed by atoms with van der Waals surface area (Å²) in [5.41, 5.74) is 7.45. The lowest BCUT2D eigenvalue weighted by Crippen LogP contribution is -2.40. The molecule has 0 bridgehead atoms. The predicted molar refractivity (Wildman–Crippen MR) is 86.1 cm³/mol.